The van der Waals surface area contributed by atoms with Gasteiger partial charge in [-0.2, -0.15) is 5.26 Å². The molecule has 0 unspecified atom stereocenters. The Bertz CT molecular complexity index is 845. The van der Waals surface area contributed by atoms with E-state index in [1.807, 2.05) is 47.0 Å². The molecule has 5 nitrogen and oxygen atoms in total. The Balaban J connectivity index is 2.33. The van der Waals surface area contributed by atoms with E-state index in [0.29, 0.717) is 17.3 Å². The van der Waals surface area contributed by atoms with E-state index < -0.39 is 0 Å². The number of nitriles is 1. The van der Waals surface area contributed by atoms with Crippen LogP contribution in [0.25, 0.3) is 16.7 Å². The predicted octanol–water partition coefficient (Wildman–Crippen LogP) is 2.68. The van der Waals surface area contributed by atoms with E-state index in [9.17, 15) is 0 Å². The SMILES string of the molecule is COc1cccc(-n2c(CC#N)nc3ccccc32)c1N. The summed E-state index contributed by atoms with van der Waals surface area (Å²) in [4.78, 5) is 4.52. The van der Waals surface area contributed by atoms with Crippen molar-refractivity contribution in [2.45, 2.75) is 6.42 Å². The largest absolute Gasteiger partial charge is 0.495 e. The Morgan fingerprint density at radius 1 is 1.24 bits per heavy atom. The molecule has 0 atom stereocenters. The van der Waals surface area contributed by atoms with Crippen molar-refractivity contribution in [2.75, 3.05) is 12.8 Å². The van der Waals surface area contributed by atoms with Gasteiger partial charge in [0.25, 0.3) is 0 Å². The first kappa shape index (κ1) is 13.0. The van der Waals surface area contributed by atoms with E-state index >= 15 is 0 Å². The zero-order valence-electron chi connectivity index (χ0n) is 11.6. The second-order valence-electron chi connectivity index (χ2n) is 4.58. The summed E-state index contributed by atoms with van der Waals surface area (Å²) in [5.41, 5.74) is 9.24. The molecular weight excluding hydrogens is 264 g/mol. The number of fused-ring (bicyclic) bond motifs is 1. The number of nitrogens with two attached hydrogens (primary N) is 1. The molecular formula is C16H14N4O. The van der Waals surface area contributed by atoms with Crippen LogP contribution in [0.15, 0.2) is 42.5 Å². The molecule has 0 aliphatic carbocycles. The van der Waals surface area contributed by atoms with Crippen LogP contribution in [0.5, 0.6) is 5.75 Å². The molecule has 0 spiro atoms. The number of methoxy groups -OCH3 is 1. The first-order chi connectivity index (χ1) is 10.3. The van der Waals surface area contributed by atoms with Crippen molar-refractivity contribution in [3.8, 4) is 17.5 Å². The standard InChI is InChI=1S/C16H14N4O/c1-21-14-8-4-7-13(16(14)18)20-12-6-3-2-5-11(12)19-15(20)9-10-17/h2-8H,9,18H2,1H3. The quantitative estimate of drug-likeness (QED) is 0.747. The monoisotopic (exact) mass is 278 g/mol. The number of nitrogens with zero attached hydrogens (tertiary/aromatic N) is 3. The number of ether oxygens (including phenoxy) is 1. The van der Waals surface area contributed by atoms with Gasteiger partial charge in [-0.15, -0.1) is 0 Å². The van der Waals surface area contributed by atoms with Crippen LogP contribution >= 0.6 is 0 Å². The highest BCUT2D eigenvalue weighted by Crippen LogP contribution is 2.31. The lowest BCUT2D eigenvalue weighted by Crippen LogP contribution is -2.05. The molecule has 21 heavy (non-hydrogen) atoms. The van der Waals surface area contributed by atoms with Crippen molar-refractivity contribution in [1.29, 1.82) is 5.26 Å². The summed E-state index contributed by atoms with van der Waals surface area (Å²) >= 11 is 0. The molecule has 3 aromatic rings. The summed E-state index contributed by atoms with van der Waals surface area (Å²) in [5, 5.41) is 9.03. The van der Waals surface area contributed by atoms with Crippen LogP contribution in [0, 0.1) is 11.3 Å². The first-order valence-electron chi connectivity index (χ1n) is 6.52. The Labute approximate surface area is 122 Å². The third kappa shape index (κ3) is 2.07. The highest BCUT2D eigenvalue weighted by molar-refractivity contribution is 5.81. The van der Waals surface area contributed by atoms with Crippen LogP contribution in [-0.4, -0.2) is 16.7 Å². The number of para-hydroxylation sites is 3. The minimum atomic E-state index is 0.214. The third-order valence-electron chi connectivity index (χ3n) is 3.37. The second-order valence-corrected chi connectivity index (χ2v) is 4.58. The third-order valence-corrected chi connectivity index (χ3v) is 3.37. The van der Waals surface area contributed by atoms with Crippen LogP contribution in [-0.2, 0) is 6.42 Å². The second kappa shape index (κ2) is 5.17. The van der Waals surface area contributed by atoms with E-state index in [2.05, 4.69) is 11.1 Å². The molecule has 0 aliphatic heterocycles. The summed E-state index contributed by atoms with van der Waals surface area (Å²) in [6, 6.07) is 15.5. The highest BCUT2D eigenvalue weighted by Gasteiger charge is 2.15. The minimum Gasteiger partial charge on any atom is -0.495 e. The van der Waals surface area contributed by atoms with Crippen molar-refractivity contribution in [3.63, 3.8) is 0 Å². The van der Waals surface area contributed by atoms with Gasteiger partial charge in [-0.3, -0.25) is 4.57 Å². The van der Waals surface area contributed by atoms with E-state index in [0.717, 1.165) is 16.7 Å². The van der Waals surface area contributed by atoms with Gasteiger partial charge in [0.1, 0.15) is 11.6 Å². The highest BCUT2D eigenvalue weighted by atomic mass is 16.5. The summed E-state index contributed by atoms with van der Waals surface area (Å²) < 4.78 is 7.18. The van der Waals surface area contributed by atoms with Crippen LogP contribution in [0.1, 0.15) is 5.82 Å². The Hall–Kier alpha value is -3.00. The Morgan fingerprint density at radius 2 is 2.05 bits per heavy atom. The fourth-order valence-corrected chi connectivity index (χ4v) is 2.44. The number of hydrogen-bond donors (Lipinski definition) is 1. The molecule has 2 aromatic carbocycles. The molecule has 0 radical (unpaired) electrons. The van der Waals surface area contributed by atoms with Crippen LogP contribution < -0.4 is 10.5 Å². The van der Waals surface area contributed by atoms with Gasteiger partial charge in [0.2, 0.25) is 0 Å². The number of aromatic nitrogens is 2. The number of rotatable bonds is 3. The number of nitrogen functional groups attached to an aromatic ring is 1. The normalized spacial score (nSPS) is 10.5. The summed E-state index contributed by atoms with van der Waals surface area (Å²) in [6.07, 6.45) is 0.214. The summed E-state index contributed by atoms with van der Waals surface area (Å²) in [7, 11) is 1.58. The molecule has 2 N–H and O–H groups in total. The van der Waals surface area contributed by atoms with Crippen molar-refractivity contribution in [3.05, 3.63) is 48.3 Å². The smallest absolute Gasteiger partial charge is 0.143 e. The molecule has 0 fully saturated rings. The maximum atomic E-state index is 9.03. The maximum Gasteiger partial charge on any atom is 0.143 e. The summed E-state index contributed by atoms with van der Waals surface area (Å²) in [6.45, 7) is 0. The fourth-order valence-electron chi connectivity index (χ4n) is 2.44. The number of imidazole rings is 1. The minimum absolute atomic E-state index is 0.214. The zero-order valence-corrected chi connectivity index (χ0v) is 11.6. The number of anilines is 1. The molecule has 0 saturated heterocycles. The number of hydrogen-bond acceptors (Lipinski definition) is 4. The van der Waals surface area contributed by atoms with Crippen molar-refractivity contribution in [1.82, 2.24) is 9.55 Å². The molecule has 1 heterocycles. The van der Waals surface area contributed by atoms with Crippen molar-refractivity contribution >= 4 is 16.7 Å². The summed E-state index contributed by atoms with van der Waals surface area (Å²) in [5.74, 6) is 1.27. The first-order valence-corrected chi connectivity index (χ1v) is 6.52. The number of benzene rings is 2. The average Bonchev–Trinajstić information content (AvgIpc) is 2.86. The van der Waals surface area contributed by atoms with E-state index in [4.69, 9.17) is 15.7 Å². The zero-order chi connectivity index (χ0) is 14.8. The van der Waals surface area contributed by atoms with Crippen LogP contribution in [0.4, 0.5) is 5.69 Å². The van der Waals surface area contributed by atoms with Crippen molar-refractivity contribution < 1.29 is 4.74 Å². The molecule has 1 aromatic heterocycles. The molecule has 3 rings (SSSR count). The lowest BCUT2D eigenvalue weighted by molar-refractivity contribution is 0.417. The van der Waals surface area contributed by atoms with Crippen LogP contribution in [0.2, 0.25) is 0 Å². The van der Waals surface area contributed by atoms with Crippen LogP contribution in [0.3, 0.4) is 0 Å². The topological polar surface area (TPSA) is 76.9 Å². The Morgan fingerprint density at radius 3 is 2.81 bits per heavy atom. The van der Waals surface area contributed by atoms with Gasteiger partial charge >= 0.3 is 0 Å². The van der Waals surface area contributed by atoms with Gasteiger partial charge in [0.05, 0.1) is 42.0 Å². The fraction of sp³-hybridized carbons (Fsp3) is 0.125. The van der Waals surface area contributed by atoms with Gasteiger partial charge in [-0.05, 0) is 24.3 Å². The predicted molar refractivity (Wildman–Crippen MR) is 81.4 cm³/mol. The molecule has 5 heteroatoms. The van der Waals surface area contributed by atoms with Gasteiger partial charge in [-0.25, -0.2) is 4.98 Å². The molecule has 0 saturated carbocycles. The molecule has 104 valence electrons. The van der Waals surface area contributed by atoms with E-state index in [1.165, 1.54) is 0 Å². The van der Waals surface area contributed by atoms with E-state index in [1.54, 1.807) is 7.11 Å². The lowest BCUT2D eigenvalue weighted by atomic mass is 10.2. The van der Waals surface area contributed by atoms with Gasteiger partial charge in [0, 0.05) is 0 Å². The van der Waals surface area contributed by atoms with Gasteiger partial charge < -0.3 is 10.5 Å². The molecule has 0 bridgehead atoms. The van der Waals surface area contributed by atoms with Gasteiger partial charge in [-0.1, -0.05) is 18.2 Å². The maximum absolute atomic E-state index is 9.03. The lowest BCUT2D eigenvalue weighted by Gasteiger charge is -2.13. The average molecular weight is 278 g/mol. The molecule has 0 amide bonds. The van der Waals surface area contributed by atoms with Gasteiger partial charge in [0.15, 0.2) is 0 Å². The van der Waals surface area contributed by atoms with Crippen molar-refractivity contribution in [2.24, 2.45) is 0 Å². The van der Waals surface area contributed by atoms with E-state index in [-0.39, 0.29) is 6.42 Å². The Kier molecular flexibility index (Phi) is 3.20. The molecule has 0 aliphatic rings.